The molecule has 3 rings (SSSR count). The second kappa shape index (κ2) is 9.03. The molecule has 0 fully saturated rings. The second-order valence-electron chi connectivity index (χ2n) is 7.00. The van der Waals surface area contributed by atoms with Gasteiger partial charge in [-0.1, -0.05) is 59.7 Å². The molecule has 0 unspecified atom stereocenters. The molecule has 0 saturated carbocycles. The fourth-order valence-corrected chi connectivity index (χ4v) is 3.76. The summed E-state index contributed by atoms with van der Waals surface area (Å²) in [6.07, 6.45) is 0. The predicted octanol–water partition coefficient (Wildman–Crippen LogP) is 3.71. The highest BCUT2D eigenvalue weighted by Gasteiger charge is 2.13. The maximum atomic E-state index is 12.4. The Hall–Kier alpha value is -2.96. The zero-order valence-corrected chi connectivity index (χ0v) is 17.3. The summed E-state index contributed by atoms with van der Waals surface area (Å²) in [5.41, 5.74) is 4.51. The SMILES string of the molecule is Cc1ccc(CNC(=O)c2ccc(CNS(=O)(=O)c3ccc(C)cc3)cc2)cc1. The fourth-order valence-electron chi connectivity index (χ4n) is 2.74. The van der Waals surface area contributed by atoms with E-state index in [0.29, 0.717) is 12.1 Å². The molecule has 3 aromatic carbocycles. The zero-order valence-electron chi connectivity index (χ0n) is 16.5. The standard InChI is InChI=1S/C23H24N2O3S/c1-17-3-7-19(8-4-17)15-24-23(26)21-11-9-20(10-12-21)16-25-29(27,28)22-13-5-18(2)6-14-22/h3-14,25H,15-16H2,1-2H3,(H,24,26). The number of rotatable bonds is 7. The largest absolute Gasteiger partial charge is 0.348 e. The van der Waals surface area contributed by atoms with Crippen LogP contribution in [0.25, 0.3) is 0 Å². The van der Waals surface area contributed by atoms with E-state index in [1.165, 1.54) is 5.56 Å². The van der Waals surface area contributed by atoms with Gasteiger partial charge in [0.25, 0.3) is 5.91 Å². The number of hydrogen-bond donors (Lipinski definition) is 2. The summed E-state index contributed by atoms with van der Waals surface area (Å²) in [6.45, 7) is 4.53. The molecular weight excluding hydrogens is 384 g/mol. The molecule has 5 nitrogen and oxygen atoms in total. The summed E-state index contributed by atoms with van der Waals surface area (Å²) in [5, 5.41) is 2.89. The molecule has 3 aromatic rings. The van der Waals surface area contributed by atoms with Gasteiger partial charge < -0.3 is 5.32 Å². The van der Waals surface area contributed by atoms with Gasteiger partial charge in [-0.15, -0.1) is 0 Å². The van der Waals surface area contributed by atoms with Gasteiger partial charge in [0.1, 0.15) is 0 Å². The lowest BCUT2D eigenvalue weighted by molar-refractivity contribution is 0.0951. The molecule has 0 aliphatic heterocycles. The number of benzene rings is 3. The van der Waals surface area contributed by atoms with Crippen LogP contribution in [0.3, 0.4) is 0 Å². The van der Waals surface area contributed by atoms with E-state index in [1.54, 1.807) is 48.5 Å². The maximum absolute atomic E-state index is 12.4. The Morgan fingerprint density at radius 3 is 1.79 bits per heavy atom. The number of carbonyl (C=O) groups excluding carboxylic acids is 1. The third kappa shape index (κ3) is 5.76. The Labute approximate surface area is 171 Å². The Morgan fingerprint density at radius 2 is 1.21 bits per heavy atom. The van der Waals surface area contributed by atoms with Crippen molar-refractivity contribution in [1.82, 2.24) is 10.0 Å². The van der Waals surface area contributed by atoms with Gasteiger partial charge in [-0.25, -0.2) is 13.1 Å². The summed E-state index contributed by atoms with van der Waals surface area (Å²) >= 11 is 0. The van der Waals surface area contributed by atoms with Crippen LogP contribution in [-0.2, 0) is 23.1 Å². The summed E-state index contributed by atoms with van der Waals surface area (Å²) < 4.78 is 27.3. The zero-order chi connectivity index (χ0) is 20.9. The number of nitrogens with one attached hydrogen (secondary N) is 2. The van der Waals surface area contributed by atoms with Crippen molar-refractivity contribution in [3.8, 4) is 0 Å². The summed E-state index contributed by atoms with van der Waals surface area (Å²) in [7, 11) is -3.57. The smallest absolute Gasteiger partial charge is 0.251 e. The molecule has 0 heterocycles. The van der Waals surface area contributed by atoms with E-state index in [9.17, 15) is 13.2 Å². The van der Waals surface area contributed by atoms with Crippen LogP contribution in [0.2, 0.25) is 0 Å². The van der Waals surface area contributed by atoms with Gasteiger partial charge in [0.05, 0.1) is 4.90 Å². The number of aryl methyl sites for hydroxylation is 2. The third-order valence-corrected chi connectivity index (χ3v) is 6.00. The Balaban J connectivity index is 1.56. The van der Waals surface area contributed by atoms with Crippen LogP contribution in [0.5, 0.6) is 0 Å². The number of carbonyl (C=O) groups is 1. The highest BCUT2D eigenvalue weighted by molar-refractivity contribution is 7.89. The molecule has 150 valence electrons. The van der Waals surface area contributed by atoms with Crippen LogP contribution in [0, 0.1) is 13.8 Å². The van der Waals surface area contributed by atoms with Crippen molar-refractivity contribution >= 4 is 15.9 Å². The van der Waals surface area contributed by atoms with E-state index in [0.717, 1.165) is 16.7 Å². The molecule has 2 N–H and O–H groups in total. The lowest BCUT2D eigenvalue weighted by Crippen LogP contribution is -2.24. The molecular formula is C23H24N2O3S. The van der Waals surface area contributed by atoms with Gasteiger partial charge in [0.15, 0.2) is 0 Å². The normalized spacial score (nSPS) is 11.2. The van der Waals surface area contributed by atoms with E-state index in [1.807, 2.05) is 38.1 Å². The first-order chi connectivity index (χ1) is 13.8. The second-order valence-corrected chi connectivity index (χ2v) is 8.77. The van der Waals surface area contributed by atoms with Gasteiger partial charge >= 0.3 is 0 Å². The van der Waals surface area contributed by atoms with Gasteiger partial charge in [-0.05, 0) is 49.2 Å². The lowest BCUT2D eigenvalue weighted by Gasteiger charge is -2.09. The Kier molecular flexibility index (Phi) is 6.46. The van der Waals surface area contributed by atoms with Crippen molar-refractivity contribution in [1.29, 1.82) is 0 Å². The van der Waals surface area contributed by atoms with Crippen LogP contribution >= 0.6 is 0 Å². The van der Waals surface area contributed by atoms with Crippen molar-refractivity contribution in [3.05, 3.63) is 101 Å². The van der Waals surface area contributed by atoms with Crippen LogP contribution in [-0.4, -0.2) is 14.3 Å². The average Bonchev–Trinajstić information content (AvgIpc) is 2.72. The maximum Gasteiger partial charge on any atom is 0.251 e. The van der Waals surface area contributed by atoms with E-state index in [2.05, 4.69) is 10.0 Å². The van der Waals surface area contributed by atoms with Crippen molar-refractivity contribution < 1.29 is 13.2 Å². The Bertz CT molecular complexity index is 1070. The monoisotopic (exact) mass is 408 g/mol. The third-order valence-electron chi connectivity index (χ3n) is 4.59. The quantitative estimate of drug-likeness (QED) is 0.626. The first-order valence-corrected chi connectivity index (χ1v) is 10.8. The highest BCUT2D eigenvalue weighted by atomic mass is 32.2. The van der Waals surface area contributed by atoms with Gasteiger partial charge in [-0.3, -0.25) is 4.79 Å². The van der Waals surface area contributed by atoms with Crippen LogP contribution in [0.15, 0.2) is 77.7 Å². The molecule has 0 bridgehead atoms. The minimum Gasteiger partial charge on any atom is -0.348 e. The summed E-state index contributed by atoms with van der Waals surface area (Å²) in [4.78, 5) is 12.5. The number of sulfonamides is 1. The first-order valence-electron chi connectivity index (χ1n) is 9.32. The topological polar surface area (TPSA) is 75.3 Å². The van der Waals surface area contributed by atoms with E-state index < -0.39 is 10.0 Å². The van der Waals surface area contributed by atoms with E-state index in [4.69, 9.17) is 0 Å². The lowest BCUT2D eigenvalue weighted by atomic mass is 10.1. The Morgan fingerprint density at radius 1 is 0.724 bits per heavy atom. The fraction of sp³-hybridized carbons (Fsp3) is 0.174. The van der Waals surface area contributed by atoms with Crippen molar-refractivity contribution in [3.63, 3.8) is 0 Å². The van der Waals surface area contributed by atoms with Crippen LogP contribution in [0.4, 0.5) is 0 Å². The molecule has 1 amide bonds. The molecule has 29 heavy (non-hydrogen) atoms. The molecule has 0 radical (unpaired) electrons. The number of amides is 1. The van der Waals surface area contributed by atoms with Crippen molar-refractivity contribution in [2.75, 3.05) is 0 Å². The van der Waals surface area contributed by atoms with Crippen LogP contribution < -0.4 is 10.0 Å². The average molecular weight is 409 g/mol. The minimum atomic E-state index is -3.57. The molecule has 0 aromatic heterocycles. The van der Waals surface area contributed by atoms with Gasteiger partial charge in [-0.2, -0.15) is 0 Å². The first kappa shape index (κ1) is 20.8. The highest BCUT2D eigenvalue weighted by Crippen LogP contribution is 2.12. The molecule has 0 spiro atoms. The minimum absolute atomic E-state index is 0.154. The molecule has 0 atom stereocenters. The predicted molar refractivity (Wildman–Crippen MR) is 114 cm³/mol. The summed E-state index contributed by atoms with van der Waals surface area (Å²) in [5.74, 6) is -0.169. The number of hydrogen-bond acceptors (Lipinski definition) is 3. The summed E-state index contributed by atoms with van der Waals surface area (Å²) in [6, 6.07) is 21.6. The molecule has 0 aliphatic carbocycles. The molecule has 0 saturated heterocycles. The molecule has 6 heteroatoms. The van der Waals surface area contributed by atoms with E-state index in [-0.39, 0.29) is 17.3 Å². The molecule has 0 aliphatic rings. The van der Waals surface area contributed by atoms with Crippen molar-refractivity contribution in [2.45, 2.75) is 31.8 Å². The van der Waals surface area contributed by atoms with Gasteiger partial charge in [0.2, 0.25) is 10.0 Å². The van der Waals surface area contributed by atoms with Crippen molar-refractivity contribution in [2.24, 2.45) is 0 Å². The van der Waals surface area contributed by atoms with E-state index >= 15 is 0 Å². The van der Waals surface area contributed by atoms with Gasteiger partial charge in [0, 0.05) is 18.7 Å². The van der Waals surface area contributed by atoms with Crippen LogP contribution in [0.1, 0.15) is 32.6 Å².